The number of nitrogens with one attached hydrogen (secondary N) is 2. The minimum atomic E-state index is -1.28. The number of carbonyl (C=O) groups excluding carboxylic acids is 2. The molecule has 0 aromatic heterocycles. The van der Waals surface area contributed by atoms with Crippen LogP contribution in [0.25, 0.3) is 0 Å². The Kier molecular flexibility index (Phi) is 7.84. The number of rotatable bonds is 2. The van der Waals surface area contributed by atoms with Crippen molar-refractivity contribution in [1.82, 2.24) is 15.5 Å². The molecule has 7 aliphatic heterocycles. The smallest absolute Gasteiger partial charge is 0.331 e. The second-order valence-electron chi connectivity index (χ2n) is 14.8. The minimum absolute atomic E-state index is 0.0372. The number of piperazine rings is 1. The number of aromatic hydroxyl groups is 2. The van der Waals surface area contributed by atoms with Gasteiger partial charge in [0, 0.05) is 53.6 Å². The molecular weight excluding hydrogens is 701 g/mol. The summed E-state index contributed by atoms with van der Waals surface area (Å²) in [5.41, 5.74) is 5.31. The number of esters is 2. The molecule has 1 unspecified atom stereocenters. The third-order valence-electron chi connectivity index (χ3n) is 11.9. The van der Waals surface area contributed by atoms with Crippen LogP contribution in [0.1, 0.15) is 74.3 Å². The Balaban J connectivity index is 1.32. The molecule has 10 rings (SSSR count). The highest BCUT2D eigenvalue weighted by atomic mass is 32.2. The summed E-state index contributed by atoms with van der Waals surface area (Å²) >= 11 is 1.50. The first-order chi connectivity index (χ1) is 25.5. The summed E-state index contributed by atoms with van der Waals surface area (Å²) in [6.07, 6.45) is 1.09. The van der Waals surface area contributed by atoms with Crippen LogP contribution >= 0.6 is 11.8 Å². The van der Waals surface area contributed by atoms with Crippen LogP contribution in [0.4, 0.5) is 0 Å². The zero-order valence-corrected chi connectivity index (χ0v) is 30.8. The summed E-state index contributed by atoms with van der Waals surface area (Å²) in [6.45, 7) is 7.16. The first-order valence-electron chi connectivity index (χ1n) is 17.8. The van der Waals surface area contributed by atoms with Crippen molar-refractivity contribution in [3.8, 4) is 40.6 Å². The lowest BCUT2D eigenvalue weighted by Gasteiger charge is -2.59. The van der Waals surface area contributed by atoms with Gasteiger partial charge in [-0.2, -0.15) is 5.26 Å². The molecule has 276 valence electrons. The van der Waals surface area contributed by atoms with Crippen LogP contribution < -0.4 is 29.6 Å². The molecule has 4 bridgehead atoms. The highest BCUT2D eigenvalue weighted by molar-refractivity contribution is 7.99. The van der Waals surface area contributed by atoms with E-state index >= 15 is 0 Å². The Labute approximate surface area is 310 Å². The third-order valence-corrected chi connectivity index (χ3v) is 13.4. The van der Waals surface area contributed by atoms with Crippen molar-refractivity contribution in [2.75, 3.05) is 32.8 Å². The number of thioether (sulfide) groups is 1. The van der Waals surface area contributed by atoms with Gasteiger partial charge in [-0.05, 0) is 73.6 Å². The molecule has 53 heavy (non-hydrogen) atoms. The second kappa shape index (κ2) is 12.2. The second-order valence-corrected chi connectivity index (χ2v) is 15.9. The summed E-state index contributed by atoms with van der Waals surface area (Å²) in [4.78, 5) is 29.6. The van der Waals surface area contributed by atoms with Gasteiger partial charge in [0.05, 0.1) is 30.5 Å². The van der Waals surface area contributed by atoms with Crippen LogP contribution in [-0.2, 0) is 32.7 Å². The maximum absolute atomic E-state index is 14.6. The number of aryl methyl sites for hydroxylation is 2. The lowest BCUT2D eigenvalue weighted by molar-refractivity contribution is -0.155. The van der Waals surface area contributed by atoms with Gasteiger partial charge >= 0.3 is 11.9 Å². The number of methoxy groups -OCH3 is 1. The van der Waals surface area contributed by atoms with Crippen LogP contribution in [0.5, 0.6) is 34.5 Å². The van der Waals surface area contributed by atoms with E-state index < -0.39 is 46.9 Å². The standard InChI is InChI=1S/C39H40N4O9S/c1-16-9-22-20(11-26(16)45)6-7-41-39(22)14-53-37-29-28(36-35(50-15-51-36)18(3)34(29)52-19(4)44)25(13-49-38(39)47)43-24(12-40)23-10-21-8-17(2)33(48-5)32(46)27(21)30(42-23)31(37)43/h8-9,11,23-25,30-31,37,41-42,45-46H,6-7,10,13-15H2,1-5H3/t23-,24-,25-,30+,31?,37+,39+/m0/s1. The van der Waals surface area contributed by atoms with Crippen molar-refractivity contribution >= 4 is 23.7 Å². The highest BCUT2D eigenvalue weighted by Gasteiger charge is 2.60. The fraction of sp³-hybridized carbons (Fsp3) is 0.462. The zero-order chi connectivity index (χ0) is 37.1. The maximum atomic E-state index is 14.6. The van der Waals surface area contributed by atoms with E-state index in [0.717, 1.165) is 22.3 Å². The molecule has 3 aromatic rings. The number of benzene rings is 3. The molecule has 3 aromatic carbocycles. The summed E-state index contributed by atoms with van der Waals surface area (Å²) in [5.74, 6) is 1.06. The molecule has 13 nitrogen and oxygen atoms in total. The molecule has 1 spiro atoms. The largest absolute Gasteiger partial charge is 0.508 e. The van der Waals surface area contributed by atoms with Gasteiger partial charge in [-0.25, -0.2) is 4.79 Å². The Morgan fingerprint density at radius 2 is 1.85 bits per heavy atom. The highest BCUT2D eigenvalue weighted by Crippen LogP contribution is 2.63. The topological polar surface area (TPSA) is 172 Å². The van der Waals surface area contributed by atoms with Crippen LogP contribution in [0.15, 0.2) is 18.2 Å². The summed E-state index contributed by atoms with van der Waals surface area (Å²) in [5, 5.41) is 40.3. The van der Waals surface area contributed by atoms with E-state index in [9.17, 15) is 25.1 Å². The Bertz CT molecular complexity index is 2170. The van der Waals surface area contributed by atoms with E-state index in [1.807, 2.05) is 26.0 Å². The third kappa shape index (κ3) is 4.73. The predicted molar refractivity (Wildman–Crippen MR) is 192 cm³/mol. The van der Waals surface area contributed by atoms with Gasteiger partial charge in [0.15, 0.2) is 28.5 Å². The van der Waals surface area contributed by atoms with Crippen molar-refractivity contribution in [2.45, 2.75) is 81.5 Å². The molecule has 7 heterocycles. The molecular formula is C39H40N4O9S. The van der Waals surface area contributed by atoms with Crippen molar-refractivity contribution in [3.05, 3.63) is 68.3 Å². The van der Waals surface area contributed by atoms with Crippen LogP contribution in [0.3, 0.4) is 0 Å². The van der Waals surface area contributed by atoms with E-state index in [1.165, 1.54) is 25.8 Å². The molecule has 0 radical (unpaired) electrons. The molecule has 7 atom stereocenters. The number of phenols is 2. The number of hydrogen-bond donors (Lipinski definition) is 4. The van der Waals surface area contributed by atoms with E-state index in [-0.39, 0.29) is 36.7 Å². The van der Waals surface area contributed by atoms with Crippen molar-refractivity contribution in [1.29, 1.82) is 5.26 Å². The predicted octanol–water partition coefficient (Wildman–Crippen LogP) is 3.94. The molecule has 4 N–H and O–H groups in total. The number of nitriles is 1. The summed E-state index contributed by atoms with van der Waals surface area (Å²) < 4.78 is 30.4. The van der Waals surface area contributed by atoms with E-state index in [1.54, 1.807) is 13.0 Å². The average molecular weight is 741 g/mol. The number of nitrogens with zero attached hydrogens (tertiary/aromatic N) is 2. The Morgan fingerprint density at radius 1 is 1.06 bits per heavy atom. The molecule has 2 saturated heterocycles. The van der Waals surface area contributed by atoms with Gasteiger partial charge in [0.2, 0.25) is 6.79 Å². The quantitative estimate of drug-likeness (QED) is 0.220. The fourth-order valence-corrected chi connectivity index (χ4v) is 11.5. The lowest BCUT2D eigenvalue weighted by Crippen LogP contribution is -2.69. The SMILES string of the molecule is COc1c(C)cc2c(c1O)[C@H]1N[C@@H](C2)[C@H](C#N)N2C1[C@@H]1SC[C@]3(NCCc4cc(O)c(C)cc43)C(=O)OC[C@H]2c2c3c(c(C)c(OC(C)=O)c21)OCO3. The molecule has 0 amide bonds. The van der Waals surface area contributed by atoms with Gasteiger partial charge in [-0.15, -0.1) is 11.8 Å². The van der Waals surface area contributed by atoms with Crippen molar-refractivity contribution in [2.24, 2.45) is 0 Å². The monoisotopic (exact) mass is 740 g/mol. The zero-order valence-electron chi connectivity index (χ0n) is 30.0. The molecule has 0 saturated carbocycles. The minimum Gasteiger partial charge on any atom is -0.508 e. The van der Waals surface area contributed by atoms with Gasteiger partial charge in [0.1, 0.15) is 24.1 Å². The molecule has 14 heteroatoms. The lowest BCUT2D eigenvalue weighted by atomic mass is 9.72. The Hall–Kier alpha value is -4.68. The molecule has 0 aliphatic carbocycles. The van der Waals surface area contributed by atoms with Gasteiger partial charge in [-0.1, -0.05) is 6.07 Å². The van der Waals surface area contributed by atoms with Crippen molar-refractivity contribution < 1.29 is 43.5 Å². The first-order valence-corrected chi connectivity index (χ1v) is 18.9. The number of ether oxygens (including phenoxy) is 5. The molecule has 2 fully saturated rings. The molecule has 7 aliphatic rings. The van der Waals surface area contributed by atoms with E-state index in [0.29, 0.717) is 70.2 Å². The average Bonchev–Trinajstić information content (AvgIpc) is 3.62. The summed E-state index contributed by atoms with van der Waals surface area (Å²) in [7, 11) is 1.53. The fourth-order valence-electron chi connectivity index (χ4n) is 9.75. The number of fused-ring (bicyclic) bond motifs is 9. The van der Waals surface area contributed by atoms with Gasteiger partial charge in [0.25, 0.3) is 0 Å². The first kappa shape index (κ1) is 34.1. The summed E-state index contributed by atoms with van der Waals surface area (Å²) in [6, 6.07) is 5.44. The van der Waals surface area contributed by atoms with Crippen molar-refractivity contribution in [3.63, 3.8) is 0 Å². The Morgan fingerprint density at radius 3 is 2.60 bits per heavy atom. The van der Waals surface area contributed by atoms with E-state index in [2.05, 4.69) is 21.6 Å². The van der Waals surface area contributed by atoms with E-state index in [4.69, 9.17) is 23.7 Å². The maximum Gasteiger partial charge on any atom is 0.331 e. The normalized spacial score (nSPS) is 29.2. The van der Waals surface area contributed by atoms with Crippen LogP contribution in [0.2, 0.25) is 0 Å². The van der Waals surface area contributed by atoms with Crippen LogP contribution in [-0.4, -0.2) is 78.0 Å². The number of hydrogen-bond acceptors (Lipinski definition) is 14. The van der Waals surface area contributed by atoms with Crippen LogP contribution in [0, 0.1) is 32.1 Å². The number of phenolic OH excluding ortho intramolecular Hbond substituents is 2. The van der Waals surface area contributed by atoms with Gasteiger partial charge < -0.3 is 39.2 Å². The number of carbonyl (C=O) groups is 2. The van der Waals surface area contributed by atoms with Gasteiger partial charge in [-0.3, -0.25) is 15.0 Å².